The topological polar surface area (TPSA) is 40.5 Å². The lowest BCUT2D eigenvalue weighted by Gasteiger charge is -2.26. The Labute approximate surface area is 95.0 Å². The number of hydrogen-bond donors (Lipinski definition) is 1. The number of aromatic carboxylic acids is 1. The summed E-state index contributed by atoms with van der Waals surface area (Å²) in [5.74, 6) is -0.859. The van der Waals surface area contributed by atoms with E-state index in [4.69, 9.17) is 5.11 Å². The van der Waals surface area contributed by atoms with Gasteiger partial charge in [0.15, 0.2) is 0 Å². The van der Waals surface area contributed by atoms with E-state index in [2.05, 4.69) is 17.1 Å². The normalized spacial score (nSPS) is 15.2. The molecule has 0 fully saturated rings. The van der Waals surface area contributed by atoms with E-state index >= 15 is 0 Å². The monoisotopic (exact) mass is 217 g/mol. The fourth-order valence-corrected chi connectivity index (χ4v) is 1.96. The van der Waals surface area contributed by atoms with E-state index in [1.807, 2.05) is 19.1 Å². The zero-order valence-corrected chi connectivity index (χ0v) is 9.31. The van der Waals surface area contributed by atoms with Crippen LogP contribution in [-0.2, 0) is 0 Å². The standard InChI is InChI=1S/C13H15NO2/c1-10-9-11(5-6-12(10)13(15)16)14-7-3-2-4-8-14/h2-3,5-6,9H,4,7-8H2,1H3,(H,15,16). The smallest absolute Gasteiger partial charge is 0.335 e. The summed E-state index contributed by atoms with van der Waals surface area (Å²) >= 11 is 0. The summed E-state index contributed by atoms with van der Waals surface area (Å²) < 4.78 is 0. The van der Waals surface area contributed by atoms with Gasteiger partial charge in [-0.05, 0) is 37.1 Å². The molecule has 0 atom stereocenters. The van der Waals surface area contributed by atoms with Crippen molar-refractivity contribution in [1.29, 1.82) is 0 Å². The number of carboxylic acid groups (broad SMARTS) is 1. The van der Waals surface area contributed by atoms with Crippen LogP contribution in [0.5, 0.6) is 0 Å². The fraction of sp³-hybridized carbons (Fsp3) is 0.308. The zero-order chi connectivity index (χ0) is 11.5. The Hall–Kier alpha value is -1.77. The molecule has 0 unspecified atom stereocenters. The summed E-state index contributed by atoms with van der Waals surface area (Å²) in [6.07, 6.45) is 5.37. The Bertz CT molecular complexity index is 438. The lowest BCUT2D eigenvalue weighted by atomic mass is 10.1. The molecule has 0 spiro atoms. The second kappa shape index (κ2) is 4.39. The van der Waals surface area contributed by atoms with Crippen LogP contribution in [0.25, 0.3) is 0 Å². The first-order chi connectivity index (χ1) is 7.68. The first kappa shape index (κ1) is 10.7. The van der Waals surface area contributed by atoms with Crippen LogP contribution in [0.2, 0.25) is 0 Å². The van der Waals surface area contributed by atoms with Crippen LogP contribution >= 0.6 is 0 Å². The highest BCUT2D eigenvalue weighted by molar-refractivity contribution is 5.89. The van der Waals surface area contributed by atoms with Crippen molar-refractivity contribution in [3.8, 4) is 0 Å². The van der Waals surface area contributed by atoms with Crippen LogP contribution in [0.15, 0.2) is 30.4 Å². The molecule has 16 heavy (non-hydrogen) atoms. The predicted molar refractivity (Wildman–Crippen MR) is 64.1 cm³/mol. The minimum atomic E-state index is -0.859. The molecule has 0 aliphatic carbocycles. The van der Waals surface area contributed by atoms with Crippen LogP contribution in [0.3, 0.4) is 0 Å². The summed E-state index contributed by atoms with van der Waals surface area (Å²) in [4.78, 5) is 13.1. The van der Waals surface area contributed by atoms with Crippen LogP contribution in [0, 0.1) is 6.92 Å². The van der Waals surface area contributed by atoms with Crippen molar-refractivity contribution >= 4 is 11.7 Å². The van der Waals surface area contributed by atoms with Gasteiger partial charge >= 0.3 is 5.97 Å². The lowest BCUT2D eigenvalue weighted by Crippen LogP contribution is -2.26. The van der Waals surface area contributed by atoms with E-state index in [9.17, 15) is 4.79 Å². The van der Waals surface area contributed by atoms with Gasteiger partial charge in [-0.2, -0.15) is 0 Å². The Kier molecular flexibility index (Phi) is 2.95. The van der Waals surface area contributed by atoms with Crippen molar-refractivity contribution in [2.45, 2.75) is 13.3 Å². The second-order valence-corrected chi connectivity index (χ2v) is 4.01. The van der Waals surface area contributed by atoms with Gasteiger partial charge in [-0.1, -0.05) is 12.2 Å². The van der Waals surface area contributed by atoms with Gasteiger partial charge in [-0.25, -0.2) is 4.79 Å². The number of anilines is 1. The Balaban J connectivity index is 2.26. The average molecular weight is 217 g/mol. The lowest BCUT2D eigenvalue weighted by molar-refractivity contribution is 0.0696. The Morgan fingerprint density at radius 3 is 2.75 bits per heavy atom. The van der Waals surface area contributed by atoms with E-state index in [0.717, 1.165) is 30.8 Å². The van der Waals surface area contributed by atoms with Gasteiger partial charge in [0, 0.05) is 18.8 Å². The molecule has 0 bridgehead atoms. The number of carbonyl (C=O) groups is 1. The molecule has 3 nitrogen and oxygen atoms in total. The van der Waals surface area contributed by atoms with Gasteiger partial charge in [0.1, 0.15) is 0 Å². The van der Waals surface area contributed by atoms with Crippen molar-refractivity contribution in [3.05, 3.63) is 41.5 Å². The van der Waals surface area contributed by atoms with E-state index < -0.39 is 5.97 Å². The molecule has 1 N–H and O–H groups in total. The van der Waals surface area contributed by atoms with Gasteiger partial charge in [-0.15, -0.1) is 0 Å². The van der Waals surface area contributed by atoms with E-state index in [1.165, 1.54) is 0 Å². The van der Waals surface area contributed by atoms with Crippen LogP contribution < -0.4 is 4.90 Å². The third-order valence-electron chi connectivity index (χ3n) is 2.86. The molecule has 3 heteroatoms. The number of hydrogen-bond acceptors (Lipinski definition) is 2. The molecular formula is C13H15NO2. The minimum Gasteiger partial charge on any atom is -0.478 e. The summed E-state index contributed by atoms with van der Waals surface area (Å²) in [5, 5.41) is 8.94. The third kappa shape index (κ3) is 2.08. The molecule has 0 amide bonds. The zero-order valence-electron chi connectivity index (χ0n) is 9.31. The molecule has 1 aromatic carbocycles. The maximum Gasteiger partial charge on any atom is 0.335 e. The van der Waals surface area contributed by atoms with Crippen molar-refractivity contribution in [1.82, 2.24) is 0 Å². The second-order valence-electron chi connectivity index (χ2n) is 4.01. The first-order valence-electron chi connectivity index (χ1n) is 5.42. The highest BCUT2D eigenvalue weighted by atomic mass is 16.4. The maximum absolute atomic E-state index is 10.9. The maximum atomic E-state index is 10.9. The molecule has 0 saturated heterocycles. The molecule has 0 radical (unpaired) electrons. The van der Waals surface area contributed by atoms with Crippen molar-refractivity contribution in [3.63, 3.8) is 0 Å². The molecule has 1 heterocycles. The predicted octanol–water partition coefficient (Wildman–Crippen LogP) is 2.46. The molecule has 0 aromatic heterocycles. The van der Waals surface area contributed by atoms with Gasteiger partial charge in [0.25, 0.3) is 0 Å². The minimum absolute atomic E-state index is 0.385. The summed E-state index contributed by atoms with van der Waals surface area (Å²) in [6.45, 7) is 3.75. The van der Waals surface area contributed by atoms with E-state index in [1.54, 1.807) is 6.07 Å². The van der Waals surface area contributed by atoms with Crippen molar-refractivity contribution < 1.29 is 9.90 Å². The fourth-order valence-electron chi connectivity index (χ4n) is 1.96. The van der Waals surface area contributed by atoms with Crippen molar-refractivity contribution in [2.75, 3.05) is 18.0 Å². The Morgan fingerprint density at radius 1 is 1.38 bits per heavy atom. The highest BCUT2D eigenvalue weighted by Gasteiger charge is 2.11. The largest absolute Gasteiger partial charge is 0.478 e. The molecule has 1 aromatic rings. The number of carboxylic acids is 1. The number of benzene rings is 1. The van der Waals surface area contributed by atoms with Gasteiger partial charge in [-0.3, -0.25) is 0 Å². The van der Waals surface area contributed by atoms with Gasteiger partial charge < -0.3 is 10.0 Å². The number of rotatable bonds is 2. The van der Waals surface area contributed by atoms with Crippen LogP contribution in [0.4, 0.5) is 5.69 Å². The van der Waals surface area contributed by atoms with E-state index in [0.29, 0.717) is 5.56 Å². The average Bonchev–Trinajstić information content (AvgIpc) is 2.29. The van der Waals surface area contributed by atoms with Crippen LogP contribution in [0.1, 0.15) is 22.3 Å². The summed E-state index contributed by atoms with van der Waals surface area (Å²) in [7, 11) is 0. The van der Waals surface area contributed by atoms with E-state index in [-0.39, 0.29) is 0 Å². The van der Waals surface area contributed by atoms with Crippen molar-refractivity contribution in [2.24, 2.45) is 0 Å². The van der Waals surface area contributed by atoms with Gasteiger partial charge in [0.05, 0.1) is 5.56 Å². The summed E-state index contributed by atoms with van der Waals surface area (Å²) in [5.41, 5.74) is 2.31. The quantitative estimate of drug-likeness (QED) is 0.773. The Morgan fingerprint density at radius 2 is 2.19 bits per heavy atom. The molecule has 2 rings (SSSR count). The molecule has 1 aliphatic rings. The summed E-state index contributed by atoms with van der Waals surface area (Å²) in [6, 6.07) is 5.52. The molecule has 1 aliphatic heterocycles. The first-order valence-corrected chi connectivity index (χ1v) is 5.42. The SMILES string of the molecule is Cc1cc(N2CC=CCC2)ccc1C(=O)O. The van der Waals surface area contributed by atoms with Crippen LogP contribution in [-0.4, -0.2) is 24.2 Å². The molecule has 0 saturated carbocycles. The molecular weight excluding hydrogens is 202 g/mol. The number of aryl methyl sites for hydroxylation is 1. The third-order valence-corrected chi connectivity index (χ3v) is 2.86. The number of nitrogens with zero attached hydrogens (tertiary/aromatic N) is 1. The molecule has 84 valence electrons. The van der Waals surface area contributed by atoms with Gasteiger partial charge in [0.2, 0.25) is 0 Å². The highest BCUT2D eigenvalue weighted by Crippen LogP contribution is 2.20.